The van der Waals surface area contributed by atoms with Gasteiger partial charge in [0.1, 0.15) is 0 Å². The molecule has 24 heavy (non-hydrogen) atoms. The van der Waals surface area contributed by atoms with E-state index in [4.69, 9.17) is 17.3 Å². The van der Waals surface area contributed by atoms with Crippen molar-refractivity contribution in [2.45, 2.75) is 37.2 Å². The minimum atomic E-state index is -3.77. The van der Waals surface area contributed by atoms with Gasteiger partial charge in [0.15, 0.2) is 0 Å². The van der Waals surface area contributed by atoms with Crippen LogP contribution in [-0.4, -0.2) is 44.4 Å². The minimum Gasteiger partial charge on any atom is -0.338 e. The third kappa shape index (κ3) is 4.83. The van der Waals surface area contributed by atoms with Gasteiger partial charge in [-0.15, -0.1) is 12.4 Å². The summed E-state index contributed by atoms with van der Waals surface area (Å²) in [5.74, 6) is 0.0417. The lowest BCUT2D eigenvalue weighted by atomic mass is 10.1. The van der Waals surface area contributed by atoms with Gasteiger partial charge in [-0.3, -0.25) is 4.79 Å². The number of carbonyl (C=O) groups is 1. The number of carbonyl (C=O) groups excluding carboxylic acids is 1. The van der Waals surface area contributed by atoms with Crippen LogP contribution in [-0.2, 0) is 14.8 Å². The predicted octanol–water partition coefficient (Wildman–Crippen LogP) is 1.62. The number of halogens is 2. The lowest BCUT2D eigenvalue weighted by Crippen LogP contribution is -2.48. The first-order valence-corrected chi connectivity index (χ1v) is 9.39. The zero-order valence-corrected chi connectivity index (χ0v) is 16.0. The fourth-order valence-electron chi connectivity index (χ4n) is 2.83. The first kappa shape index (κ1) is 21.2. The lowest BCUT2D eigenvalue weighted by molar-refractivity contribution is -0.133. The Morgan fingerprint density at radius 1 is 1.42 bits per heavy atom. The third-order valence-corrected chi connectivity index (χ3v) is 5.91. The number of nitrogens with zero attached hydrogens (tertiary/aromatic N) is 1. The van der Waals surface area contributed by atoms with Crippen molar-refractivity contribution in [1.29, 1.82) is 0 Å². The molecule has 2 rings (SSSR count). The molecule has 1 saturated heterocycles. The van der Waals surface area contributed by atoms with Gasteiger partial charge in [-0.1, -0.05) is 11.6 Å². The monoisotopic (exact) mass is 395 g/mol. The van der Waals surface area contributed by atoms with Crippen molar-refractivity contribution < 1.29 is 13.2 Å². The molecule has 1 aliphatic heterocycles. The van der Waals surface area contributed by atoms with Crippen LogP contribution in [0.25, 0.3) is 0 Å². The maximum Gasteiger partial charge on any atom is 0.241 e. The number of nitrogens with one attached hydrogen (secondary N) is 1. The second-order valence-corrected chi connectivity index (χ2v) is 8.12. The number of nitrogens with two attached hydrogens (primary N) is 1. The van der Waals surface area contributed by atoms with E-state index >= 15 is 0 Å². The van der Waals surface area contributed by atoms with Crippen molar-refractivity contribution in [2.24, 2.45) is 11.7 Å². The highest BCUT2D eigenvalue weighted by Gasteiger charge is 2.35. The molecule has 0 saturated carbocycles. The van der Waals surface area contributed by atoms with Crippen LogP contribution in [0.5, 0.6) is 0 Å². The number of likely N-dealkylation sites (tertiary alicyclic amines) is 1. The summed E-state index contributed by atoms with van der Waals surface area (Å²) in [6.45, 7) is 4.61. The topological polar surface area (TPSA) is 92.5 Å². The molecule has 6 nitrogen and oxygen atoms in total. The highest BCUT2D eigenvalue weighted by molar-refractivity contribution is 7.89. The summed E-state index contributed by atoms with van der Waals surface area (Å²) < 4.78 is 27.1. The second kappa shape index (κ2) is 8.49. The molecule has 9 heteroatoms. The zero-order chi connectivity index (χ0) is 17.2. The van der Waals surface area contributed by atoms with Crippen LogP contribution in [0, 0.1) is 5.92 Å². The van der Waals surface area contributed by atoms with Crippen molar-refractivity contribution in [2.75, 3.05) is 13.1 Å². The highest BCUT2D eigenvalue weighted by atomic mass is 35.5. The number of benzene rings is 1. The molecule has 1 aromatic rings. The normalized spacial score (nSPS) is 22.1. The number of hydrogen-bond donors (Lipinski definition) is 2. The molecular formula is C15H23Cl2N3O3S. The predicted molar refractivity (Wildman–Crippen MR) is 96.8 cm³/mol. The fourth-order valence-corrected chi connectivity index (χ4v) is 4.16. The summed E-state index contributed by atoms with van der Waals surface area (Å²) in [5, 5.41) is 0.451. The molecule has 0 aliphatic carbocycles. The molecule has 0 bridgehead atoms. The van der Waals surface area contributed by atoms with E-state index in [1.54, 1.807) is 11.8 Å². The Hall–Kier alpha value is -0.860. The van der Waals surface area contributed by atoms with Gasteiger partial charge < -0.3 is 10.6 Å². The number of sulfonamides is 1. The van der Waals surface area contributed by atoms with Gasteiger partial charge in [0.25, 0.3) is 0 Å². The average molecular weight is 396 g/mol. The SMILES string of the molecule is CC(NS(=O)(=O)c1ccc(Cl)cc1)C(=O)N1CC(CN)CC1C.Cl. The maximum atomic E-state index is 12.5. The third-order valence-electron chi connectivity index (χ3n) is 4.10. The summed E-state index contributed by atoms with van der Waals surface area (Å²) in [4.78, 5) is 14.3. The summed E-state index contributed by atoms with van der Waals surface area (Å²) in [7, 11) is -3.77. The summed E-state index contributed by atoms with van der Waals surface area (Å²) in [5.41, 5.74) is 5.66. The number of hydrogen-bond acceptors (Lipinski definition) is 4. The molecule has 3 unspecified atom stereocenters. The molecule has 1 aliphatic rings. The van der Waals surface area contributed by atoms with Gasteiger partial charge >= 0.3 is 0 Å². The highest BCUT2D eigenvalue weighted by Crippen LogP contribution is 2.23. The number of rotatable bonds is 5. The van der Waals surface area contributed by atoms with Crippen LogP contribution < -0.4 is 10.5 Å². The van der Waals surface area contributed by atoms with Crippen LogP contribution in [0.2, 0.25) is 5.02 Å². The zero-order valence-electron chi connectivity index (χ0n) is 13.6. The lowest BCUT2D eigenvalue weighted by Gasteiger charge is -2.25. The van der Waals surface area contributed by atoms with Crippen LogP contribution >= 0.6 is 24.0 Å². The summed E-state index contributed by atoms with van der Waals surface area (Å²) in [6.07, 6.45) is 0.846. The van der Waals surface area contributed by atoms with Gasteiger partial charge in [-0.2, -0.15) is 4.72 Å². The van der Waals surface area contributed by atoms with E-state index in [1.165, 1.54) is 24.3 Å². The van der Waals surface area contributed by atoms with E-state index in [9.17, 15) is 13.2 Å². The van der Waals surface area contributed by atoms with Crippen LogP contribution in [0.4, 0.5) is 0 Å². The molecule has 0 spiro atoms. The largest absolute Gasteiger partial charge is 0.338 e. The fraction of sp³-hybridized carbons (Fsp3) is 0.533. The van der Waals surface area contributed by atoms with E-state index in [2.05, 4.69) is 4.72 Å². The quantitative estimate of drug-likeness (QED) is 0.791. The average Bonchev–Trinajstić information content (AvgIpc) is 2.87. The molecule has 3 atom stereocenters. The van der Waals surface area contributed by atoms with Gasteiger partial charge in [-0.05, 0) is 57.0 Å². The Morgan fingerprint density at radius 3 is 2.50 bits per heavy atom. The van der Waals surface area contributed by atoms with Gasteiger partial charge in [0, 0.05) is 17.6 Å². The van der Waals surface area contributed by atoms with E-state index in [0.29, 0.717) is 18.1 Å². The standard InChI is InChI=1S/C15H22ClN3O3S.ClH/c1-10-7-12(8-17)9-19(10)15(20)11(2)18-23(21,22)14-5-3-13(16)4-6-14;/h3-6,10-12,18H,7-9,17H2,1-2H3;1H. The molecule has 1 amide bonds. The van der Waals surface area contributed by atoms with Crippen molar-refractivity contribution in [3.8, 4) is 0 Å². The molecule has 3 N–H and O–H groups in total. The Bertz CT molecular complexity index is 667. The van der Waals surface area contributed by atoms with Crippen LogP contribution in [0.3, 0.4) is 0 Å². The first-order chi connectivity index (χ1) is 10.7. The van der Waals surface area contributed by atoms with Crippen molar-refractivity contribution in [1.82, 2.24) is 9.62 Å². The number of amides is 1. The summed E-state index contributed by atoms with van der Waals surface area (Å²) in [6, 6.07) is 5.04. The molecular weight excluding hydrogens is 373 g/mol. The van der Waals surface area contributed by atoms with E-state index in [0.717, 1.165) is 6.42 Å². The smallest absolute Gasteiger partial charge is 0.241 e. The van der Waals surface area contributed by atoms with E-state index in [1.807, 2.05) is 6.92 Å². The Kier molecular flexibility index (Phi) is 7.49. The van der Waals surface area contributed by atoms with Crippen molar-refractivity contribution in [3.63, 3.8) is 0 Å². The molecule has 1 fully saturated rings. The Labute approximate surface area is 154 Å². The van der Waals surface area contributed by atoms with Gasteiger partial charge in [-0.25, -0.2) is 8.42 Å². The summed E-state index contributed by atoms with van der Waals surface area (Å²) >= 11 is 5.76. The Balaban J connectivity index is 0.00000288. The second-order valence-electron chi connectivity index (χ2n) is 5.97. The van der Waals surface area contributed by atoms with Crippen molar-refractivity contribution in [3.05, 3.63) is 29.3 Å². The van der Waals surface area contributed by atoms with Crippen LogP contribution in [0.1, 0.15) is 20.3 Å². The molecule has 0 aromatic heterocycles. The van der Waals surface area contributed by atoms with Crippen LogP contribution in [0.15, 0.2) is 29.2 Å². The maximum absolute atomic E-state index is 12.5. The van der Waals surface area contributed by atoms with E-state index < -0.39 is 16.1 Å². The molecule has 1 heterocycles. The Morgan fingerprint density at radius 2 is 2.00 bits per heavy atom. The molecule has 136 valence electrons. The van der Waals surface area contributed by atoms with Gasteiger partial charge in [0.05, 0.1) is 10.9 Å². The molecule has 0 radical (unpaired) electrons. The minimum absolute atomic E-state index is 0. The van der Waals surface area contributed by atoms with Gasteiger partial charge in [0.2, 0.25) is 15.9 Å². The van der Waals surface area contributed by atoms with E-state index in [-0.39, 0.29) is 35.2 Å². The molecule has 1 aromatic carbocycles. The first-order valence-electron chi connectivity index (χ1n) is 7.53. The van der Waals surface area contributed by atoms with Crippen molar-refractivity contribution >= 4 is 39.9 Å².